The maximum atomic E-state index is 14.0. The van der Waals surface area contributed by atoms with Crippen LogP contribution in [0.4, 0.5) is 33.6 Å². The fourth-order valence-corrected chi connectivity index (χ4v) is 11.4. The van der Waals surface area contributed by atoms with E-state index in [2.05, 4.69) is 68.5 Å². The van der Waals surface area contributed by atoms with Gasteiger partial charge in [0.2, 0.25) is 21.9 Å². The molecule has 10 rings (SSSR count). The van der Waals surface area contributed by atoms with E-state index in [1.807, 2.05) is 24.0 Å². The lowest BCUT2D eigenvalue weighted by Gasteiger charge is -2.46. The molecule has 2 atom stereocenters. The molecule has 1 N–H and O–H groups in total. The van der Waals surface area contributed by atoms with Crippen molar-refractivity contribution in [1.82, 2.24) is 63.7 Å². The normalized spacial score (nSPS) is 18.4. The van der Waals surface area contributed by atoms with Gasteiger partial charge in [-0.25, -0.2) is 51.8 Å². The summed E-state index contributed by atoms with van der Waals surface area (Å²) >= 11 is 0.697. The molecule has 1 saturated heterocycles. The number of imidazole rings is 2. The fraction of sp³-hybridized carbons (Fsp3) is 0.468. The van der Waals surface area contributed by atoms with Crippen molar-refractivity contribution in [2.75, 3.05) is 43.1 Å². The Balaban J connectivity index is 0.949. The van der Waals surface area contributed by atoms with Crippen molar-refractivity contribution in [2.24, 2.45) is 0 Å². The molecule has 3 aliphatic rings. The lowest BCUT2D eigenvalue weighted by molar-refractivity contribution is -0.140. The molecule has 0 bridgehead atoms. The summed E-state index contributed by atoms with van der Waals surface area (Å²) in [5.41, 5.74) is 2.44. The highest BCUT2D eigenvalue weighted by molar-refractivity contribution is 7.89. The van der Waals surface area contributed by atoms with Gasteiger partial charge < -0.3 is 19.1 Å². The summed E-state index contributed by atoms with van der Waals surface area (Å²) in [5, 5.41) is 7.29. The third kappa shape index (κ3) is 9.94. The quantitative estimate of drug-likeness (QED) is 0.0858. The minimum absolute atomic E-state index is 0.000700. The highest BCUT2D eigenvalue weighted by atomic mass is 32.2. The zero-order valence-electron chi connectivity index (χ0n) is 40.2. The first kappa shape index (κ1) is 49.3. The minimum Gasteiger partial charge on any atom is -0.480 e. The van der Waals surface area contributed by atoms with Gasteiger partial charge in [0.1, 0.15) is 28.9 Å². The van der Waals surface area contributed by atoms with Gasteiger partial charge in [-0.2, -0.15) is 18.2 Å². The Morgan fingerprint density at radius 1 is 0.944 bits per heavy atom. The van der Waals surface area contributed by atoms with Crippen molar-refractivity contribution >= 4 is 38.5 Å². The molecule has 18 nitrogen and oxygen atoms in total. The third-order valence-electron chi connectivity index (χ3n) is 13.4. The number of methoxy groups -OCH3 is 1. The predicted octanol–water partition coefficient (Wildman–Crippen LogP) is 8.22. The standard InChI is InChI=1S/C47H52F5N15O3S2/c1-26(2)66-23-35(47(50,51)52)58-40(66)31-9-7-29(8-10-31)21-63(45-57-25-55-39(59-45)36-37(30-11-12-30)54-24-56-42(36)70-6)15-16-65-27(3)19-64(20-28(65)4)33-17-32(72(68,69)62-46(5)13-14-46)22-67-34(33)18-53-41(67)44-61-60-43(71-44)38(48)49/h7-10,17-18,22-28,30,38,62H,11-16,19-21H2,1-6H3. The molecular weight excluding hydrogens is 982 g/mol. The number of benzene rings is 1. The average molecular weight is 1030 g/mol. The summed E-state index contributed by atoms with van der Waals surface area (Å²) in [7, 11) is -2.49. The Bertz CT molecular complexity index is 3220. The molecule has 7 heterocycles. The number of alkyl halides is 5. The second kappa shape index (κ2) is 18.9. The average Bonchev–Trinajstić information content (AvgIpc) is 4.11. The molecule has 2 aliphatic carbocycles. The van der Waals surface area contributed by atoms with E-state index in [-0.39, 0.29) is 45.6 Å². The zero-order valence-corrected chi connectivity index (χ0v) is 41.8. The van der Waals surface area contributed by atoms with Crippen LogP contribution in [-0.2, 0) is 22.7 Å². The number of ether oxygens (including phenoxy) is 1. The fourth-order valence-electron chi connectivity index (χ4n) is 9.27. The summed E-state index contributed by atoms with van der Waals surface area (Å²) in [6, 6.07) is 8.48. The number of anilines is 2. The van der Waals surface area contributed by atoms with Gasteiger partial charge in [0.25, 0.3) is 6.43 Å². The summed E-state index contributed by atoms with van der Waals surface area (Å²) in [4.78, 5) is 38.3. The van der Waals surface area contributed by atoms with Crippen LogP contribution < -0.4 is 19.3 Å². The number of sulfonamides is 1. The van der Waals surface area contributed by atoms with Crippen LogP contribution in [0.1, 0.15) is 101 Å². The summed E-state index contributed by atoms with van der Waals surface area (Å²) in [6.45, 7) is 11.9. The number of rotatable bonds is 17. The molecule has 25 heteroatoms. The second-order valence-corrected chi connectivity index (χ2v) is 21.9. The van der Waals surface area contributed by atoms with Crippen molar-refractivity contribution in [3.8, 4) is 39.5 Å². The molecule has 3 fully saturated rings. The highest BCUT2D eigenvalue weighted by Crippen LogP contribution is 2.45. The van der Waals surface area contributed by atoms with Crippen LogP contribution in [0.2, 0.25) is 0 Å². The first-order valence-electron chi connectivity index (χ1n) is 23.6. The molecule has 0 radical (unpaired) electrons. The molecule has 1 aromatic carbocycles. The van der Waals surface area contributed by atoms with Crippen LogP contribution in [0.5, 0.6) is 5.88 Å². The van der Waals surface area contributed by atoms with E-state index >= 15 is 0 Å². The minimum atomic E-state index is -4.60. The molecule has 2 saturated carbocycles. The van der Waals surface area contributed by atoms with Gasteiger partial charge in [-0.15, -0.1) is 10.2 Å². The lowest BCUT2D eigenvalue weighted by atomic mass is 10.1. The van der Waals surface area contributed by atoms with E-state index in [1.165, 1.54) is 30.5 Å². The highest BCUT2D eigenvalue weighted by Gasteiger charge is 2.42. The third-order valence-corrected chi connectivity index (χ3v) is 15.9. The number of halogens is 5. The number of pyridine rings is 1. The van der Waals surface area contributed by atoms with Crippen LogP contribution in [0.15, 0.2) is 66.5 Å². The van der Waals surface area contributed by atoms with E-state index in [0.29, 0.717) is 96.9 Å². The Morgan fingerprint density at radius 2 is 1.67 bits per heavy atom. The van der Waals surface area contributed by atoms with Gasteiger partial charge in [-0.3, -0.25) is 9.30 Å². The van der Waals surface area contributed by atoms with E-state index in [1.54, 1.807) is 42.6 Å². The Labute approximate surface area is 415 Å². The van der Waals surface area contributed by atoms with Gasteiger partial charge in [-0.1, -0.05) is 35.6 Å². The van der Waals surface area contributed by atoms with Crippen molar-refractivity contribution in [2.45, 2.75) is 114 Å². The molecule has 380 valence electrons. The molecule has 2 unspecified atom stereocenters. The first-order valence-corrected chi connectivity index (χ1v) is 25.9. The summed E-state index contributed by atoms with van der Waals surface area (Å²) in [5.74, 6) is 1.72. The molecule has 72 heavy (non-hydrogen) atoms. The number of piperazine rings is 1. The molecule has 1 aliphatic heterocycles. The van der Waals surface area contributed by atoms with Crippen LogP contribution in [0.3, 0.4) is 0 Å². The smallest absolute Gasteiger partial charge is 0.434 e. The van der Waals surface area contributed by atoms with Gasteiger partial charge in [0.05, 0.1) is 30.2 Å². The maximum absolute atomic E-state index is 14.0. The number of hydrogen-bond donors (Lipinski definition) is 1. The van der Waals surface area contributed by atoms with Gasteiger partial charge in [-0.05, 0) is 71.9 Å². The monoisotopic (exact) mass is 1030 g/mol. The maximum Gasteiger partial charge on any atom is 0.434 e. The molecule has 6 aromatic heterocycles. The van der Waals surface area contributed by atoms with E-state index in [9.17, 15) is 30.4 Å². The second-order valence-electron chi connectivity index (χ2n) is 19.2. The Kier molecular flexibility index (Phi) is 13.0. The molecule has 0 spiro atoms. The Hall–Kier alpha value is -6.31. The van der Waals surface area contributed by atoms with E-state index in [4.69, 9.17) is 9.72 Å². The Morgan fingerprint density at radius 3 is 2.31 bits per heavy atom. The number of nitrogens with zero attached hydrogens (tertiary/aromatic N) is 14. The van der Waals surface area contributed by atoms with Crippen LogP contribution in [0, 0.1) is 0 Å². The van der Waals surface area contributed by atoms with Gasteiger partial charge in [0.15, 0.2) is 27.4 Å². The van der Waals surface area contributed by atoms with Gasteiger partial charge >= 0.3 is 6.18 Å². The zero-order chi connectivity index (χ0) is 50.9. The van der Waals surface area contributed by atoms with Crippen LogP contribution >= 0.6 is 11.3 Å². The molecule has 7 aromatic rings. The lowest BCUT2D eigenvalue weighted by Crippen LogP contribution is -2.58. The van der Waals surface area contributed by atoms with Crippen molar-refractivity contribution in [3.63, 3.8) is 0 Å². The number of nitrogens with one attached hydrogen (secondary N) is 1. The molecule has 0 amide bonds. The van der Waals surface area contributed by atoms with Crippen LogP contribution in [0.25, 0.3) is 39.1 Å². The summed E-state index contributed by atoms with van der Waals surface area (Å²) in [6.07, 6.45) is 2.92. The van der Waals surface area contributed by atoms with Crippen molar-refractivity contribution in [3.05, 3.63) is 83.5 Å². The number of fused-ring (bicyclic) bond motifs is 1. The summed E-state index contributed by atoms with van der Waals surface area (Å²) < 4.78 is 108. The van der Waals surface area contributed by atoms with E-state index < -0.39 is 38.9 Å². The predicted molar refractivity (Wildman–Crippen MR) is 258 cm³/mol. The molecular formula is C47H52F5N15O3S2. The van der Waals surface area contributed by atoms with Crippen molar-refractivity contribution in [1.29, 1.82) is 0 Å². The number of hydrogen-bond acceptors (Lipinski definition) is 16. The van der Waals surface area contributed by atoms with Crippen LogP contribution in [-0.4, -0.2) is 118 Å². The van der Waals surface area contributed by atoms with Crippen molar-refractivity contribution < 1.29 is 35.1 Å². The first-order chi connectivity index (χ1) is 34.3. The van der Waals surface area contributed by atoms with Gasteiger partial charge in [0, 0.05) is 80.3 Å². The van der Waals surface area contributed by atoms with E-state index in [0.717, 1.165) is 30.3 Å². The SMILES string of the molecule is COc1ncnc(C2CC2)c1-c1ncnc(N(CCN2C(C)CN(c3cc(S(=O)(=O)NC4(C)CC4)cn4c(-c5nnc(C(F)F)s5)ncc34)CC2C)Cc2ccc(-c3nc(C(F)(F)F)cn3C(C)C)cc2)n1. The number of aromatic nitrogens is 11. The topological polar surface area (TPSA) is 190 Å². The largest absolute Gasteiger partial charge is 0.480 e.